The highest BCUT2D eigenvalue weighted by molar-refractivity contribution is 5.44. The summed E-state index contributed by atoms with van der Waals surface area (Å²) in [7, 11) is 0. The van der Waals surface area contributed by atoms with Crippen LogP contribution in [0.15, 0.2) is 61.0 Å². The summed E-state index contributed by atoms with van der Waals surface area (Å²) in [4.78, 5) is 0. The van der Waals surface area contributed by atoms with Crippen LogP contribution in [0.25, 0.3) is 0 Å². The van der Waals surface area contributed by atoms with Crippen LogP contribution in [-0.4, -0.2) is 6.54 Å². The number of anilines is 1. The molecule has 0 unspecified atom stereocenters. The maximum absolute atomic E-state index is 13.1. The van der Waals surface area contributed by atoms with Crippen molar-refractivity contribution in [2.24, 2.45) is 0 Å². The third-order valence-electron chi connectivity index (χ3n) is 1.81. The Bertz CT molecular complexity index is 408. The lowest BCUT2D eigenvalue weighted by Gasteiger charge is -2.03. The Morgan fingerprint density at radius 1 is 1.31 bits per heavy atom. The number of nitrogens with one attached hydrogen (secondary N) is 1. The number of para-hydroxylation sites is 1. The molecule has 1 aromatic rings. The number of rotatable bonds is 5. The van der Waals surface area contributed by atoms with E-state index in [1.54, 1.807) is 30.4 Å². The van der Waals surface area contributed by atoms with Gasteiger partial charge in [-0.3, -0.25) is 0 Å². The van der Waals surface area contributed by atoms with Gasteiger partial charge in [-0.05, 0) is 18.2 Å². The Kier molecular flexibility index (Phi) is 4.99. The van der Waals surface area contributed by atoms with Crippen LogP contribution in [-0.2, 0) is 0 Å². The second-order valence-electron chi connectivity index (χ2n) is 3.09. The Morgan fingerprint density at radius 3 is 2.75 bits per heavy atom. The predicted octanol–water partition coefficient (Wildman–Crippen LogP) is 3.83. The van der Waals surface area contributed by atoms with Crippen LogP contribution in [0.2, 0.25) is 0 Å². The van der Waals surface area contributed by atoms with Crippen molar-refractivity contribution in [1.82, 2.24) is 0 Å². The van der Waals surface area contributed by atoms with E-state index in [0.717, 1.165) is 0 Å². The van der Waals surface area contributed by atoms with Crippen LogP contribution < -0.4 is 5.32 Å². The second-order valence-corrected chi connectivity index (χ2v) is 3.09. The molecule has 1 N–H and O–H groups in total. The van der Waals surface area contributed by atoms with Gasteiger partial charge in [0, 0.05) is 6.54 Å². The highest BCUT2D eigenvalue weighted by Crippen LogP contribution is 2.11. The van der Waals surface area contributed by atoms with Gasteiger partial charge in [0.2, 0.25) is 0 Å². The van der Waals surface area contributed by atoms with Crippen molar-refractivity contribution in [3.05, 3.63) is 66.8 Å². The summed E-state index contributed by atoms with van der Waals surface area (Å²) in [5.41, 5.74) is 0.450. The van der Waals surface area contributed by atoms with Crippen LogP contribution in [0.1, 0.15) is 0 Å². The lowest BCUT2D eigenvalue weighted by molar-refractivity contribution is 0.631. The van der Waals surface area contributed by atoms with Crippen molar-refractivity contribution < 1.29 is 8.78 Å². The number of hydrogen-bond donors (Lipinski definition) is 1. The molecule has 0 amide bonds. The minimum absolute atomic E-state index is 0.288. The lowest BCUT2D eigenvalue weighted by atomic mass is 10.3. The second kappa shape index (κ2) is 6.56. The van der Waals surface area contributed by atoms with Crippen LogP contribution in [0.3, 0.4) is 0 Å². The molecular formula is C13H13F2N. The Labute approximate surface area is 93.8 Å². The fraction of sp³-hybridized carbons (Fsp3) is 0.0769. The SMILES string of the molecule is C=C(F)/C=C\C=C/CNc1ccccc1F. The molecule has 0 atom stereocenters. The van der Waals surface area contributed by atoms with Gasteiger partial charge in [-0.1, -0.05) is 36.9 Å². The van der Waals surface area contributed by atoms with Crippen molar-refractivity contribution >= 4 is 5.69 Å². The van der Waals surface area contributed by atoms with Gasteiger partial charge >= 0.3 is 0 Å². The van der Waals surface area contributed by atoms with E-state index in [1.807, 2.05) is 0 Å². The summed E-state index contributed by atoms with van der Waals surface area (Å²) in [6, 6.07) is 6.43. The number of halogens is 2. The van der Waals surface area contributed by atoms with Gasteiger partial charge in [0.1, 0.15) is 11.6 Å². The summed E-state index contributed by atoms with van der Waals surface area (Å²) in [6.07, 6.45) is 6.20. The molecule has 0 saturated heterocycles. The molecule has 16 heavy (non-hydrogen) atoms. The Hall–Kier alpha value is -1.90. The van der Waals surface area contributed by atoms with Gasteiger partial charge in [0.25, 0.3) is 0 Å². The zero-order valence-corrected chi connectivity index (χ0v) is 8.79. The first-order valence-electron chi connectivity index (χ1n) is 4.86. The predicted molar refractivity (Wildman–Crippen MR) is 63.4 cm³/mol. The van der Waals surface area contributed by atoms with E-state index >= 15 is 0 Å². The average Bonchev–Trinajstić information content (AvgIpc) is 2.25. The third kappa shape index (κ3) is 4.55. The molecule has 0 saturated carbocycles. The fourth-order valence-electron chi connectivity index (χ4n) is 1.08. The summed E-state index contributed by atoms with van der Waals surface area (Å²) in [6.45, 7) is 3.56. The highest BCUT2D eigenvalue weighted by Gasteiger charge is 1.96. The van der Waals surface area contributed by atoms with Crippen molar-refractivity contribution in [3.8, 4) is 0 Å². The van der Waals surface area contributed by atoms with Crippen molar-refractivity contribution in [1.29, 1.82) is 0 Å². The Morgan fingerprint density at radius 2 is 2.06 bits per heavy atom. The number of benzene rings is 1. The van der Waals surface area contributed by atoms with Crippen LogP contribution in [0.5, 0.6) is 0 Å². The van der Waals surface area contributed by atoms with E-state index in [9.17, 15) is 8.78 Å². The molecule has 0 radical (unpaired) electrons. The van der Waals surface area contributed by atoms with Crippen molar-refractivity contribution in [2.75, 3.05) is 11.9 Å². The number of allylic oxidation sites excluding steroid dienone is 4. The lowest BCUT2D eigenvalue weighted by Crippen LogP contribution is -1.99. The molecule has 0 spiro atoms. The molecule has 1 aromatic carbocycles. The van der Waals surface area contributed by atoms with Gasteiger partial charge < -0.3 is 5.32 Å². The van der Waals surface area contributed by atoms with Crippen LogP contribution >= 0.6 is 0 Å². The van der Waals surface area contributed by atoms with Crippen LogP contribution in [0.4, 0.5) is 14.5 Å². The zero-order chi connectivity index (χ0) is 11.8. The van der Waals surface area contributed by atoms with Gasteiger partial charge in [-0.2, -0.15) is 0 Å². The molecule has 3 heteroatoms. The molecule has 0 aromatic heterocycles. The monoisotopic (exact) mass is 221 g/mol. The standard InChI is InChI=1S/C13H13F2N/c1-11(14)7-3-2-6-10-16-13-9-5-4-8-12(13)15/h2-9,16H,1,10H2/b6-2-,7-3-. The van der Waals surface area contributed by atoms with E-state index in [4.69, 9.17) is 0 Å². The first-order chi connectivity index (χ1) is 7.70. The van der Waals surface area contributed by atoms with E-state index in [-0.39, 0.29) is 5.82 Å². The smallest absolute Gasteiger partial charge is 0.146 e. The van der Waals surface area contributed by atoms with Crippen molar-refractivity contribution in [2.45, 2.75) is 0 Å². The first kappa shape index (κ1) is 12.2. The summed E-state index contributed by atoms with van der Waals surface area (Å²) < 4.78 is 25.3. The van der Waals surface area contributed by atoms with Gasteiger partial charge in [-0.25, -0.2) is 8.78 Å². The minimum atomic E-state index is -0.494. The first-order valence-corrected chi connectivity index (χ1v) is 4.86. The fourth-order valence-corrected chi connectivity index (χ4v) is 1.08. The third-order valence-corrected chi connectivity index (χ3v) is 1.81. The normalized spacial score (nSPS) is 11.1. The molecule has 84 valence electrons. The van der Waals surface area contributed by atoms with E-state index in [2.05, 4.69) is 11.9 Å². The molecule has 0 fully saturated rings. The van der Waals surface area contributed by atoms with Crippen LogP contribution in [0, 0.1) is 5.82 Å². The molecule has 1 nitrogen and oxygen atoms in total. The highest BCUT2D eigenvalue weighted by atomic mass is 19.1. The molecule has 0 aliphatic carbocycles. The topological polar surface area (TPSA) is 12.0 Å². The maximum Gasteiger partial charge on any atom is 0.146 e. The molecule has 0 aliphatic rings. The van der Waals surface area contributed by atoms with Gasteiger partial charge in [0.15, 0.2) is 0 Å². The van der Waals surface area contributed by atoms with Gasteiger partial charge in [0.05, 0.1) is 5.69 Å². The van der Waals surface area contributed by atoms with E-state index < -0.39 is 5.83 Å². The van der Waals surface area contributed by atoms with E-state index in [1.165, 1.54) is 18.2 Å². The molecule has 0 aliphatic heterocycles. The average molecular weight is 221 g/mol. The Balaban J connectivity index is 2.36. The zero-order valence-electron chi connectivity index (χ0n) is 8.79. The quantitative estimate of drug-likeness (QED) is 0.745. The molecule has 0 heterocycles. The van der Waals surface area contributed by atoms with E-state index in [0.29, 0.717) is 12.2 Å². The molecular weight excluding hydrogens is 208 g/mol. The molecule has 1 rings (SSSR count). The molecule has 0 bridgehead atoms. The number of hydrogen-bond acceptors (Lipinski definition) is 1. The largest absolute Gasteiger partial charge is 0.379 e. The van der Waals surface area contributed by atoms with Gasteiger partial charge in [-0.15, -0.1) is 0 Å². The maximum atomic E-state index is 13.1. The summed E-state index contributed by atoms with van der Waals surface area (Å²) in [5.74, 6) is -0.782. The summed E-state index contributed by atoms with van der Waals surface area (Å²) >= 11 is 0. The van der Waals surface area contributed by atoms with Crippen molar-refractivity contribution in [3.63, 3.8) is 0 Å². The minimum Gasteiger partial charge on any atom is -0.379 e. The summed E-state index contributed by atoms with van der Waals surface area (Å²) in [5, 5.41) is 2.89.